The van der Waals surface area contributed by atoms with Crippen LogP contribution in [-0.4, -0.2) is 52.9 Å². The summed E-state index contributed by atoms with van der Waals surface area (Å²) in [7, 11) is 0. The molecule has 2 aliphatic rings. The predicted molar refractivity (Wildman–Crippen MR) is 124 cm³/mol. The molecule has 1 saturated heterocycles. The second-order valence-corrected chi connectivity index (χ2v) is 8.79. The highest BCUT2D eigenvalue weighted by Gasteiger charge is 2.27. The van der Waals surface area contributed by atoms with E-state index >= 15 is 0 Å². The van der Waals surface area contributed by atoms with Crippen LogP contribution in [0.1, 0.15) is 40.2 Å². The molecule has 0 bridgehead atoms. The topological polar surface area (TPSA) is 59.4 Å². The fourth-order valence-corrected chi connectivity index (χ4v) is 4.76. The zero-order chi connectivity index (χ0) is 22.6. The normalized spacial score (nSPS) is 18.6. The number of carbonyl (C=O) groups is 1. The first-order chi connectivity index (χ1) is 16.2. The molecule has 172 valence electrons. The van der Waals surface area contributed by atoms with Crippen molar-refractivity contribution in [2.45, 2.75) is 38.3 Å². The average molecular weight is 449 g/mol. The van der Waals surface area contributed by atoms with E-state index in [1.54, 1.807) is 12.1 Å². The third-order valence-electron chi connectivity index (χ3n) is 6.43. The molecule has 1 fully saturated rings. The molecular formula is C26H29FN4O2. The summed E-state index contributed by atoms with van der Waals surface area (Å²) < 4.78 is 21.1. The van der Waals surface area contributed by atoms with E-state index in [0.717, 1.165) is 62.3 Å². The second kappa shape index (κ2) is 9.85. The first kappa shape index (κ1) is 21.8. The molecule has 5 rings (SSSR count). The summed E-state index contributed by atoms with van der Waals surface area (Å²) in [6, 6.07) is 16.7. The molecule has 1 aliphatic heterocycles. The third kappa shape index (κ3) is 4.99. The molecule has 6 nitrogen and oxygen atoms in total. The van der Waals surface area contributed by atoms with E-state index in [9.17, 15) is 9.18 Å². The molecule has 2 heterocycles. The third-order valence-corrected chi connectivity index (χ3v) is 6.43. The predicted octanol–water partition coefficient (Wildman–Crippen LogP) is 3.52. The van der Waals surface area contributed by atoms with Gasteiger partial charge >= 0.3 is 0 Å². The number of benzene rings is 2. The lowest BCUT2D eigenvalue weighted by molar-refractivity contribution is -0.0292. The smallest absolute Gasteiger partial charge is 0.272 e. The Morgan fingerprint density at radius 2 is 1.88 bits per heavy atom. The van der Waals surface area contributed by atoms with Gasteiger partial charge in [0.25, 0.3) is 5.91 Å². The number of amides is 1. The zero-order valence-electron chi connectivity index (χ0n) is 18.7. The number of hydrogen-bond acceptors (Lipinski definition) is 4. The minimum atomic E-state index is -0.286. The first-order valence-electron chi connectivity index (χ1n) is 11.7. The summed E-state index contributed by atoms with van der Waals surface area (Å²) in [5, 5.41) is 7.71. The van der Waals surface area contributed by atoms with Gasteiger partial charge < -0.3 is 10.1 Å². The highest BCUT2D eigenvalue weighted by Crippen LogP contribution is 2.27. The number of nitrogens with zero attached hydrogens (tertiary/aromatic N) is 3. The number of hydrogen-bond donors (Lipinski definition) is 1. The quantitative estimate of drug-likeness (QED) is 0.627. The number of morpholine rings is 1. The van der Waals surface area contributed by atoms with Crippen LogP contribution in [0.15, 0.2) is 54.6 Å². The summed E-state index contributed by atoms with van der Waals surface area (Å²) in [6.45, 7) is 3.64. The van der Waals surface area contributed by atoms with E-state index in [1.807, 2.05) is 10.7 Å². The Hall–Kier alpha value is -3.03. The van der Waals surface area contributed by atoms with Gasteiger partial charge in [0.15, 0.2) is 5.69 Å². The minimum Gasteiger partial charge on any atom is -0.374 e. The number of carbonyl (C=O) groups excluding carboxylic acids is 1. The van der Waals surface area contributed by atoms with Gasteiger partial charge in [0.05, 0.1) is 18.4 Å². The molecule has 1 unspecified atom stereocenters. The Labute approximate surface area is 193 Å². The number of rotatable bonds is 6. The summed E-state index contributed by atoms with van der Waals surface area (Å²) in [6.07, 6.45) is 3.76. The SMILES string of the molecule is O=C(NCC1CN(Cc2ccccc2)CCO1)c1nn(-c2ccc(F)cc2)c2c1CCCC2. The van der Waals surface area contributed by atoms with Crippen LogP contribution in [0.3, 0.4) is 0 Å². The molecule has 2 aromatic carbocycles. The van der Waals surface area contributed by atoms with Crippen molar-refractivity contribution in [3.05, 3.63) is 82.9 Å². The molecular weight excluding hydrogens is 419 g/mol. The Bertz CT molecular complexity index is 1100. The van der Waals surface area contributed by atoms with Crippen LogP contribution in [0.2, 0.25) is 0 Å². The maximum atomic E-state index is 13.4. The fraction of sp³-hybridized carbons (Fsp3) is 0.385. The van der Waals surface area contributed by atoms with Crippen LogP contribution < -0.4 is 5.32 Å². The number of halogens is 1. The van der Waals surface area contributed by atoms with Crippen LogP contribution >= 0.6 is 0 Å². The lowest BCUT2D eigenvalue weighted by Gasteiger charge is -2.33. The van der Waals surface area contributed by atoms with Crippen LogP contribution in [0.25, 0.3) is 5.69 Å². The molecule has 1 amide bonds. The molecule has 1 aliphatic carbocycles. The standard InChI is InChI=1S/C26H29FN4O2/c27-20-10-12-21(13-11-20)31-24-9-5-4-8-23(24)25(29-31)26(32)28-16-22-18-30(14-15-33-22)17-19-6-2-1-3-7-19/h1-3,6-7,10-13,22H,4-5,8-9,14-18H2,(H,28,32). The second-order valence-electron chi connectivity index (χ2n) is 8.79. The van der Waals surface area contributed by atoms with E-state index in [2.05, 4.69) is 39.6 Å². The van der Waals surface area contributed by atoms with Crippen LogP contribution in [0.5, 0.6) is 0 Å². The molecule has 0 radical (unpaired) electrons. The number of ether oxygens (including phenoxy) is 1. The molecule has 1 aromatic heterocycles. The minimum absolute atomic E-state index is 0.0542. The largest absolute Gasteiger partial charge is 0.374 e. The molecule has 0 saturated carbocycles. The number of nitrogens with one attached hydrogen (secondary N) is 1. The molecule has 33 heavy (non-hydrogen) atoms. The fourth-order valence-electron chi connectivity index (χ4n) is 4.76. The van der Waals surface area contributed by atoms with Crippen molar-refractivity contribution < 1.29 is 13.9 Å². The van der Waals surface area contributed by atoms with Crippen molar-refractivity contribution in [2.75, 3.05) is 26.2 Å². The van der Waals surface area contributed by atoms with Gasteiger partial charge in [-0.05, 0) is 55.5 Å². The summed E-state index contributed by atoms with van der Waals surface area (Å²) >= 11 is 0. The van der Waals surface area contributed by atoms with Crippen LogP contribution in [0.4, 0.5) is 4.39 Å². The summed E-state index contributed by atoms with van der Waals surface area (Å²) in [5.74, 6) is -0.454. The van der Waals surface area contributed by atoms with Crippen molar-refractivity contribution in [3.63, 3.8) is 0 Å². The maximum absolute atomic E-state index is 13.4. The van der Waals surface area contributed by atoms with E-state index in [1.165, 1.54) is 17.7 Å². The van der Waals surface area contributed by atoms with Crippen LogP contribution in [-0.2, 0) is 24.1 Å². The Kier molecular flexibility index (Phi) is 6.51. The van der Waals surface area contributed by atoms with E-state index in [-0.39, 0.29) is 17.8 Å². The lowest BCUT2D eigenvalue weighted by atomic mass is 9.95. The van der Waals surface area contributed by atoms with Gasteiger partial charge in [-0.15, -0.1) is 0 Å². The van der Waals surface area contributed by atoms with Crippen LogP contribution in [0, 0.1) is 5.82 Å². The van der Waals surface area contributed by atoms with Gasteiger partial charge in [0, 0.05) is 37.4 Å². The Balaban J connectivity index is 1.26. The number of aromatic nitrogens is 2. The average Bonchev–Trinajstić information content (AvgIpc) is 3.24. The molecule has 7 heteroatoms. The van der Waals surface area contributed by atoms with Crippen molar-refractivity contribution in [1.29, 1.82) is 0 Å². The van der Waals surface area contributed by atoms with Crippen molar-refractivity contribution in [1.82, 2.24) is 20.0 Å². The molecule has 1 N–H and O–H groups in total. The highest BCUT2D eigenvalue weighted by atomic mass is 19.1. The Morgan fingerprint density at radius 3 is 2.70 bits per heavy atom. The summed E-state index contributed by atoms with van der Waals surface area (Å²) in [5.41, 5.74) is 4.60. The van der Waals surface area contributed by atoms with Gasteiger partial charge in [0.1, 0.15) is 5.82 Å². The van der Waals surface area contributed by atoms with E-state index in [4.69, 9.17) is 4.74 Å². The van der Waals surface area contributed by atoms with E-state index < -0.39 is 0 Å². The van der Waals surface area contributed by atoms with Gasteiger partial charge in [-0.1, -0.05) is 30.3 Å². The lowest BCUT2D eigenvalue weighted by Crippen LogP contribution is -2.47. The van der Waals surface area contributed by atoms with Gasteiger partial charge in [0.2, 0.25) is 0 Å². The number of fused-ring (bicyclic) bond motifs is 1. The monoisotopic (exact) mass is 448 g/mol. The molecule has 1 atom stereocenters. The highest BCUT2D eigenvalue weighted by molar-refractivity contribution is 5.94. The summed E-state index contributed by atoms with van der Waals surface area (Å²) in [4.78, 5) is 15.5. The van der Waals surface area contributed by atoms with Gasteiger partial charge in [-0.3, -0.25) is 9.69 Å². The Morgan fingerprint density at radius 1 is 1.09 bits per heavy atom. The van der Waals surface area contributed by atoms with E-state index in [0.29, 0.717) is 18.8 Å². The van der Waals surface area contributed by atoms with Crippen molar-refractivity contribution in [2.24, 2.45) is 0 Å². The molecule has 3 aromatic rings. The first-order valence-corrected chi connectivity index (χ1v) is 11.7. The van der Waals surface area contributed by atoms with Gasteiger partial charge in [-0.2, -0.15) is 5.10 Å². The van der Waals surface area contributed by atoms with Crippen molar-refractivity contribution in [3.8, 4) is 5.69 Å². The maximum Gasteiger partial charge on any atom is 0.272 e. The van der Waals surface area contributed by atoms with Gasteiger partial charge in [-0.25, -0.2) is 9.07 Å². The van der Waals surface area contributed by atoms with Crippen molar-refractivity contribution >= 4 is 5.91 Å². The molecule has 0 spiro atoms. The zero-order valence-corrected chi connectivity index (χ0v) is 18.7.